The Labute approximate surface area is 107 Å². The van der Waals surface area contributed by atoms with Crippen molar-refractivity contribution in [3.05, 3.63) is 24.3 Å². The molecule has 0 aliphatic heterocycles. The van der Waals surface area contributed by atoms with Crippen molar-refractivity contribution >= 4 is 21.6 Å². The van der Waals surface area contributed by atoms with Gasteiger partial charge in [0.1, 0.15) is 0 Å². The molecule has 3 nitrogen and oxygen atoms in total. The van der Waals surface area contributed by atoms with E-state index in [-0.39, 0.29) is 18.3 Å². The van der Waals surface area contributed by atoms with Crippen LogP contribution in [0.15, 0.2) is 34.1 Å². The number of hydrogen-bond acceptors (Lipinski definition) is 4. The molecule has 0 amide bonds. The van der Waals surface area contributed by atoms with Crippen molar-refractivity contribution in [1.29, 1.82) is 0 Å². The van der Waals surface area contributed by atoms with Gasteiger partial charge in [0.05, 0.1) is 10.6 Å². The zero-order valence-corrected chi connectivity index (χ0v) is 11.7. The van der Waals surface area contributed by atoms with Crippen LogP contribution in [0.3, 0.4) is 0 Å². The van der Waals surface area contributed by atoms with Crippen LogP contribution in [0.5, 0.6) is 0 Å². The van der Waals surface area contributed by atoms with Gasteiger partial charge in [0.2, 0.25) is 0 Å². The Morgan fingerprint density at radius 2 is 1.88 bits per heavy atom. The first-order valence-electron chi connectivity index (χ1n) is 5.56. The minimum atomic E-state index is -3.10. The fourth-order valence-corrected chi connectivity index (χ4v) is 3.00. The van der Waals surface area contributed by atoms with Crippen LogP contribution in [0.1, 0.15) is 13.8 Å². The zero-order valence-electron chi connectivity index (χ0n) is 10.1. The van der Waals surface area contributed by atoms with Gasteiger partial charge in [0, 0.05) is 17.3 Å². The molecule has 0 aliphatic rings. The lowest BCUT2D eigenvalue weighted by Gasteiger charge is -2.07. The Hall–Kier alpha value is -0.520. The molecule has 1 rings (SSSR count). The lowest BCUT2D eigenvalue weighted by molar-refractivity contribution is 0.250. The van der Waals surface area contributed by atoms with Gasteiger partial charge in [-0.25, -0.2) is 8.42 Å². The Morgan fingerprint density at radius 3 is 2.35 bits per heavy atom. The summed E-state index contributed by atoms with van der Waals surface area (Å²) in [6, 6.07) is 6.92. The number of benzene rings is 1. The summed E-state index contributed by atoms with van der Waals surface area (Å²) in [6.45, 7) is 3.79. The average Bonchev–Trinajstić information content (AvgIpc) is 2.36. The van der Waals surface area contributed by atoms with Gasteiger partial charge in [-0.3, -0.25) is 0 Å². The van der Waals surface area contributed by atoms with Crippen LogP contribution in [0, 0.1) is 5.92 Å². The molecule has 0 aromatic heterocycles. The highest BCUT2D eigenvalue weighted by atomic mass is 32.2. The summed E-state index contributed by atoms with van der Waals surface area (Å²) >= 11 is 1.63. The minimum Gasteiger partial charge on any atom is -0.396 e. The maximum atomic E-state index is 11.6. The van der Waals surface area contributed by atoms with E-state index in [9.17, 15) is 8.42 Å². The van der Waals surface area contributed by atoms with Crippen molar-refractivity contribution in [2.24, 2.45) is 5.92 Å². The van der Waals surface area contributed by atoms with E-state index in [1.807, 2.05) is 19.1 Å². The van der Waals surface area contributed by atoms with Gasteiger partial charge >= 0.3 is 0 Å². The van der Waals surface area contributed by atoms with E-state index in [4.69, 9.17) is 5.11 Å². The van der Waals surface area contributed by atoms with Crippen molar-refractivity contribution < 1.29 is 13.5 Å². The van der Waals surface area contributed by atoms with E-state index in [2.05, 4.69) is 0 Å². The van der Waals surface area contributed by atoms with Crippen molar-refractivity contribution in [2.45, 2.75) is 23.6 Å². The second-order valence-electron chi connectivity index (χ2n) is 3.97. The fourth-order valence-electron chi connectivity index (χ4n) is 1.20. The molecule has 0 radical (unpaired) electrons. The number of sulfone groups is 1. The first kappa shape index (κ1) is 14.5. The molecule has 1 atom stereocenters. The van der Waals surface area contributed by atoms with Gasteiger partial charge in [-0.2, -0.15) is 0 Å². The molecule has 1 aromatic carbocycles. The molecule has 96 valence electrons. The van der Waals surface area contributed by atoms with Gasteiger partial charge in [0.15, 0.2) is 9.84 Å². The SMILES string of the molecule is CCS(=O)(=O)c1ccc(SCC(C)CO)cc1. The number of thioether (sulfide) groups is 1. The molecule has 0 bridgehead atoms. The third-order valence-corrected chi connectivity index (χ3v) is 5.50. The van der Waals surface area contributed by atoms with E-state index in [1.54, 1.807) is 30.8 Å². The van der Waals surface area contributed by atoms with Crippen LogP contribution >= 0.6 is 11.8 Å². The smallest absolute Gasteiger partial charge is 0.178 e. The number of rotatable bonds is 6. The molecule has 0 saturated heterocycles. The molecule has 1 aromatic rings. The first-order valence-corrected chi connectivity index (χ1v) is 8.20. The van der Waals surface area contributed by atoms with E-state index in [1.165, 1.54) is 0 Å². The molecular weight excluding hydrogens is 256 g/mol. The Kier molecular flexibility index (Phi) is 5.49. The van der Waals surface area contributed by atoms with Gasteiger partial charge in [-0.15, -0.1) is 11.8 Å². The van der Waals surface area contributed by atoms with Gasteiger partial charge in [-0.05, 0) is 30.2 Å². The first-order chi connectivity index (χ1) is 7.99. The van der Waals surface area contributed by atoms with Crippen molar-refractivity contribution in [3.63, 3.8) is 0 Å². The molecule has 0 spiro atoms. The third kappa shape index (κ3) is 4.33. The van der Waals surface area contributed by atoms with Crippen LogP contribution in [0.2, 0.25) is 0 Å². The maximum absolute atomic E-state index is 11.6. The van der Waals surface area contributed by atoms with E-state index in [0.717, 1.165) is 10.6 Å². The molecular formula is C12H18O3S2. The zero-order chi connectivity index (χ0) is 12.9. The molecule has 0 aliphatic carbocycles. The van der Waals surface area contributed by atoms with Crippen molar-refractivity contribution in [2.75, 3.05) is 18.1 Å². The predicted octanol–water partition coefficient (Wildman–Crippen LogP) is 2.20. The van der Waals surface area contributed by atoms with Crippen LogP contribution in [-0.4, -0.2) is 31.6 Å². The van der Waals surface area contributed by atoms with E-state index < -0.39 is 9.84 Å². The molecule has 1 unspecified atom stereocenters. The summed E-state index contributed by atoms with van der Waals surface area (Å²) in [5.74, 6) is 1.20. The maximum Gasteiger partial charge on any atom is 0.178 e. The van der Waals surface area contributed by atoms with Gasteiger partial charge < -0.3 is 5.11 Å². The van der Waals surface area contributed by atoms with E-state index in [0.29, 0.717) is 4.90 Å². The number of aliphatic hydroxyl groups is 1. The topological polar surface area (TPSA) is 54.4 Å². The van der Waals surface area contributed by atoms with Crippen LogP contribution in [-0.2, 0) is 9.84 Å². The molecule has 5 heteroatoms. The monoisotopic (exact) mass is 274 g/mol. The summed E-state index contributed by atoms with van der Waals surface area (Å²) in [4.78, 5) is 1.40. The van der Waals surface area contributed by atoms with Crippen molar-refractivity contribution in [3.8, 4) is 0 Å². The predicted molar refractivity (Wildman–Crippen MR) is 71.1 cm³/mol. The number of hydrogen-bond donors (Lipinski definition) is 1. The standard InChI is InChI=1S/C12H18O3S2/c1-3-17(14,15)12-6-4-11(5-7-12)16-9-10(2)8-13/h4-7,10,13H,3,8-9H2,1-2H3. The quantitative estimate of drug-likeness (QED) is 0.808. The van der Waals surface area contributed by atoms with Crippen molar-refractivity contribution in [1.82, 2.24) is 0 Å². The minimum absolute atomic E-state index is 0.126. The summed E-state index contributed by atoms with van der Waals surface area (Å²) in [6.07, 6.45) is 0. The average molecular weight is 274 g/mol. The third-order valence-electron chi connectivity index (χ3n) is 2.41. The highest BCUT2D eigenvalue weighted by molar-refractivity contribution is 7.99. The highest BCUT2D eigenvalue weighted by Crippen LogP contribution is 2.22. The summed E-state index contributed by atoms with van der Waals surface area (Å²) in [5.41, 5.74) is 0. The Balaban J connectivity index is 2.69. The second-order valence-corrected chi connectivity index (χ2v) is 7.35. The number of aliphatic hydroxyl groups excluding tert-OH is 1. The summed E-state index contributed by atoms with van der Waals surface area (Å²) in [5, 5.41) is 8.90. The van der Waals surface area contributed by atoms with Crippen LogP contribution in [0.4, 0.5) is 0 Å². The van der Waals surface area contributed by atoms with Crippen LogP contribution in [0.25, 0.3) is 0 Å². The van der Waals surface area contributed by atoms with Crippen LogP contribution < -0.4 is 0 Å². The molecule has 17 heavy (non-hydrogen) atoms. The van der Waals surface area contributed by atoms with E-state index >= 15 is 0 Å². The molecule has 0 saturated carbocycles. The largest absolute Gasteiger partial charge is 0.396 e. The summed E-state index contributed by atoms with van der Waals surface area (Å²) in [7, 11) is -3.10. The van der Waals surface area contributed by atoms with Gasteiger partial charge in [-0.1, -0.05) is 13.8 Å². The fraction of sp³-hybridized carbons (Fsp3) is 0.500. The molecule has 0 heterocycles. The lowest BCUT2D eigenvalue weighted by Crippen LogP contribution is -2.04. The summed E-state index contributed by atoms with van der Waals surface area (Å²) < 4.78 is 23.2. The highest BCUT2D eigenvalue weighted by Gasteiger charge is 2.10. The van der Waals surface area contributed by atoms with Gasteiger partial charge in [0.25, 0.3) is 0 Å². The Morgan fingerprint density at radius 1 is 1.29 bits per heavy atom. The lowest BCUT2D eigenvalue weighted by atomic mass is 10.2. The second kappa shape index (κ2) is 6.42. The normalized spacial score (nSPS) is 13.6. The molecule has 1 N–H and O–H groups in total. The Bertz CT molecular complexity index is 437. The molecule has 0 fully saturated rings.